The molecule has 0 bridgehead atoms. The number of carboxylic acids is 1. The Morgan fingerprint density at radius 1 is 0.926 bits per heavy atom. The third-order valence-corrected chi connectivity index (χ3v) is 1.69. The molecule has 27 heavy (non-hydrogen) atoms. The van der Waals surface area contributed by atoms with E-state index < -0.39 is 27.7 Å². The van der Waals surface area contributed by atoms with Gasteiger partial charge in [0.15, 0.2) is 5.75 Å². The van der Waals surface area contributed by atoms with Gasteiger partial charge in [0, 0.05) is 5.56 Å². The van der Waals surface area contributed by atoms with Crippen molar-refractivity contribution in [2.45, 2.75) is 20.8 Å². The molecule has 1 aromatic rings. The van der Waals surface area contributed by atoms with Gasteiger partial charge in [-0.2, -0.15) is 8.42 Å². The molecule has 0 saturated heterocycles. The van der Waals surface area contributed by atoms with Crippen molar-refractivity contribution >= 4 is 16.4 Å². The number of rotatable bonds is 3. The first-order valence-electron chi connectivity index (χ1n) is 6.36. The highest BCUT2D eigenvalue weighted by Crippen LogP contribution is 2.18. The Hall–Kier alpha value is -1.88. The average molecular weight is 425 g/mol. The minimum atomic E-state index is -4.72. The maximum Gasteiger partial charge on any atom is 0.446 e. The van der Waals surface area contributed by atoms with Crippen LogP contribution in [0.15, 0.2) is 24.3 Å². The predicted octanol–water partition coefficient (Wildman–Crippen LogP) is -1.16. The first-order valence-corrected chi connectivity index (χ1v) is 7.72. The summed E-state index contributed by atoms with van der Waals surface area (Å²) in [4.78, 5) is 10.4. The van der Waals surface area contributed by atoms with Crippen LogP contribution < -0.4 is 49.2 Å². The van der Waals surface area contributed by atoms with E-state index in [9.17, 15) is 18.3 Å². The van der Waals surface area contributed by atoms with Gasteiger partial charge in [0.25, 0.3) is 0 Å². The lowest BCUT2D eigenvalue weighted by Gasteiger charge is -2.08. The summed E-state index contributed by atoms with van der Waals surface area (Å²) in [7, 11) is -4.72. The molecule has 17 N–H and O–H groups in total. The summed E-state index contributed by atoms with van der Waals surface area (Å²) in [6.45, 7) is 4.71. The lowest BCUT2D eigenvalue weighted by Crippen LogP contribution is -2.23. The molecule has 0 atom stereocenters. The Labute approximate surface area is 160 Å². The highest BCUT2D eigenvalue weighted by atomic mass is 32.3. The van der Waals surface area contributed by atoms with Crippen molar-refractivity contribution in [2.75, 3.05) is 19.8 Å². The number of aromatic carboxylic acids is 1. The van der Waals surface area contributed by atoms with E-state index >= 15 is 0 Å². The molecule has 168 valence electrons. The fraction of sp³-hybridized carbons (Fsp3) is 0.462. The van der Waals surface area contributed by atoms with Gasteiger partial charge >= 0.3 is 10.4 Å². The van der Waals surface area contributed by atoms with E-state index in [-0.39, 0.29) is 44.4 Å². The lowest BCUT2D eigenvalue weighted by molar-refractivity contribution is -0.362. The molecule has 13 nitrogen and oxygen atoms in total. The third-order valence-electron chi connectivity index (χ3n) is 1.30. The zero-order valence-electron chi connectivity index (χ0n) is 17.1. The number of carbonyl (C=O) groups excluding carboxylic acids is 1. The van der Waals surface area contributed by atoms with Gasteiger partial charge in [-0.3, -0.25) is 4.55 Å². The van der Waals surface area contributed by atoms with E-state index in [1.165, 1.54) is 12.1 Å². The maximum absolute atomic E-state index is 10.4. The molecule has 0 amide bonds. The molecule has 0 heterocycles. The van der Waals surface area contributed by atoms with Gasteiger partial charge in [0.2, 0.25) is 0 Å². The Bertz CT molecular complexity index is 512. The van der Waals surface area contributed by atoms with Crippen LogP contribution in [0.3, 0.4) is 0 Å². The van der Waals surface area contributed by atoms with E-state index in [4.69, 9.17) is 19.9 Å². The molecule has 1 rings (SSSR count). The number of hydrogen-bond donors (Lipinski definition) is 5. The van der Waals surface area contributed by atoms with Crippen molar-refractivity contribution in [1.29, 1.82) is 0 Å². The summed E-state index contributed by atoms with van der Waals surface area (Å²) >= 11 is 0. The zero-order valence-corrected chi connectivity index (χ0v) is 17.9. The normalized spacial score (nSPS) is 7.67. The van der Waals surface area contributed by atoms with Crippen LogP contribution in [-0.2, 0) is 10.4 Å². The summed E-state index contributed by atoms with van der Waals surface area (Å²) in [6.07, 6.45) is 0. The molecular weight excluding hydrogens is 388 g/mol. The lowest BCUT2D eigenvalue weighted by atomic mass is 10.2. The fourth-order valence-corrected chi connectivity index (χ4v) is 1.19. The van der Waals surface area contributed by atoms with Crippen molar-refractivity contribution in [3.05, 3.63) is 29.8 Å². The zero-order chi connectivity index (χ0) is 18.9. The molecule has 0 aromatic heterocycles. The van der Waals surface area contributed by atoms with Crippen LogP contribution in [0.4, 0.5) is 0 Å². The van der Waals surface area contributed by atoms with Crippen molar-refractivity contribution in [3.8, 4) is 5.75 Å². The monoisotopic (exact) mass is 424 g/mol. The second kappa shape index (κ2) is 28.9. The largest absolute Gasteiger partial charge is 0.855 e. The molecule has 0 aliphatic heterocycles. The Kier molecular flexibility index (Phi) is 47.6. The van der Waals surface area contributed by atoms with Crippen molar-refractivity contribution in [2.24, 2.45) is 0 Å². The minimum Gasteiger partial charge on any atom is -0.855 e. The van der Waals surface area contributed by atoms with E-state index in [2.05, 4.69) is 4.18 Å². The van der Waals surface area contributed by atoms with Crippen LogP contribution in [0.1, 0.15) is 31.1 Å². The molecule has 1 aromatic carbocycles. The van der Waals surface area contributed by atoms with Crippen LogP contribution in [0.5, 0.6) is 5.75 Å². The second-order valence-electron chi connectivity index (χ2n) is 3.16. The Balaban J connectivity index is -0.0000000531. The van der Waals surface area contributed by atoms with E-state index in [1.54, 1.807) is 20.8 Å². The van der Waals surface area contributed by atoms with Crippen LogP contribution in [-0.4, -0.2) is 38.8 Å². The third kappa shape index (κ3) is 35.9. The molecule has 14 heteroatoms. The molecule has 0 radical (unpaired) electrons. The topological polar surface area (TPSA) is 319 Å². The van der Waals surface area contributed by atoms with Crippen LogP contribution in [0.2, 0.25) is 0 Å². The van der Waals surface area contributed by atoms with E-state index in [1.807, 2.05) is 0 Å². The number of carboxylic acid groups (broad SMARTS) is 1. The average Bonchev–Trinajstić information content (AvgIpc) is 2.40. The number of quaternary nitrogens is 4. The highest BCUT2D eigenvalue weighted by Gasteiger charge is 2.11. The van der Waals surface area contributed by atoms with Crippen molar-refractivity contribution in [1.82, 2.24) is 24.6 Å². The predicted molar refractivity (Wildman–Crippen MR) is 98.5 cm³/mol. The van der Waals surface area contributed by atoms with E-state index in [0.29, 0.717) is 0 Å². The fourth-order valence-electron chi connectivity index (χ4n) is 0.821. The quantitative estimate of drug-likeness (QED) is 0.364. The maximum atomic E-state index is 10.4. The van der Waals surface area contributed by atoms with E-state index in [0.717, 1.165) is 12.1 Å². The second-order valence-corrected chi connectivity index (χ2v) is 4.18. The number of benzene rings is 1. The summed E-state index contributed by atoms with van der Waals surface area (Å²) < 4.78 is 32.9. The van der Waals surface area contributed by atoms with Gasteiger partial charge in [-0.15, -0.1) is 19.8 Å². The van der Waals surface area contributed by atoms with Gasteiger partial charge in [0.05, 0.1) is 5.97 Å². The summed E-state index contributed by atoms with van der Waals surface area (Å²) in [6, 6.07) is 4.89. The highest BCUT2D eigenvalue weighted by molar-refractivity contribution is 7.81. The van der Waals surface area contributed by atoms with Gasteiger partial charge in [-0.25, -0.2) is 0 Å². The van der Waals surface area contributed by atoms with Gasteiger partial charge in [-0.05, 0) is 12.1 Å². The van der Waals surface area contributed by atoms with Crippen molar-refractivity contribution < 1.29 is 42.4 Å². The summed E-state index contributed by atoms with van der Waals surface area (Å²) in [5, 5.41) is 37.2. The summed E-state index contributed by atoms with van der Waals surface area (Å²) in [5.74, 6) is -2.08. The molecule has 0 saturated carbocycles. The first kappa shape index (κ1) is 44.5. The summed E-state index contributed by atoms with van der Waals surface area (Å²) in [5.41, 5.74) is -0.454. The number of hydrogen-bond acceptors (Lipinski definition) is 8. The number of carbonyl (C=O) groups is 1. The molecule has 0 aliphatic rings. The molecule has 0 spiro atoms. The smallest absolute Gasteiger partial charge is 0.446 e. The van der Waals surface area contributed by atoms with Gasteiger partial charge < -0.3 is 54.0 Å². The molecule has 0 fully saturated rings. The molecule has 0 aliphatic carbocycles. The van der Waals surface area contributed by atoms with Gasteiger partial charge in [0.1, 0.15) is 0 Å². The Morgan fingerprint density at radius 3 is 1.48 bits per heavy atom. The van der Waals surface area contributed by atoms with Gasteiger partial charge in [-0.1, -0.05) is 32.9 Å². The number of para-hydroxylation sites is 1. The Morgan fingerprint density at radius 2 is 1.22 bits per heavy atom. The van der Waals surface area contributed by atoms with Crippen molar-refractivity contribution in [3.63, 3.8) is 0 Å². The molecule has 0 unspecified atom stereocenters. The van der Waals surface area contributed by atoms with Crippen LogP contribution in [0, 0.1) is 0 Å². The molecular formula is C13H36N4O9S. The first-order chi connectivity index (χ1) is 10.6. The van der Waals surface area contributed by atoms with Crippen LogP contribution >= 0.6 is 0 Å². The standard InChI is InChI=1S/C7H6O6S.3C2H5O.4H3N/c8-7(9)5-3-1-2-4-6(5)13-14(10,11)12;3*1-2-3;;;;/h1-4H,(H,8,9)(H,10,11,12);3*2H2,1H3;4*1H3/q;3*-1;;;;/p+3. The van der Waals surface area contributed by atoms with Crippen LogP contribution in [0.25, 0.3) is 0 Å². The SMILES string of the molecule is CC[O-].CC[O-].CC[O-].O=C([O-])c1ccccc1OS(=O)(=O)O.[NH4+].[NH4+].[NH4+].[NH4+]. The minimum absolute atomic E-state index is 0.